The molecule has 1 atom stereocenters. The Morgan fingerprint density at radius 3 is 2.62 bits per heavy atom. The normalized spacial score (nSPS) is 17.1. The van der Waals surface area contributed by atoms with Crippen molar-refractivity contribution in [1.82, 2.24) is 0 Å². The molecular weight excluding hydrogens is 312 g/mol. The Labute approximate surface area is 139 Å². The minimum atomic E-state index is -0.873. The van der Waals surface area contributed by atoms with Crippen LogP contribution in [-0.4, -0.2) is 18.9 Å². The number of rotatable bonds is 6. The molecule has 0 bridgehead atoms. The number of carbonyl (C=O) groups excluding carboxylic acids is 1. The maximum absolute atomic E-state index is 13.2. The van der Waals surface area contributed by atoms with Crippen molar-refractivity contribution in [2.24, 2.45) is 0 Å². The highest BCUT2D eigenvalue weighted by Gasteiger charge is 2.24. The Hall–Kier alpha value is -2.43. The zero-order chi connectivity index (χ0) is 16.9. The average Bonchev–Trinajstić information content (AvgIpc) is 3.05. The topological polar surface area (TPSA) is 29.5 Å². The van der Waals surface area contributed by atoms with Gasteiger partial charge in [-0.2, -0.15) is 0 Å². The van der Waals surface area contributed by atoms with Crippen LogP contribution in [0.1, 0.15) is 24.8 Å². The molecule has 1 saturated heterocycles. The second kappa shape index (κ2) is 7.43. The number of hydrogen-bond donors (Lipinski definition) is 0. The molecule has 1 fully saturated rings. The van der Waals surface area contributed by atoms with E-state index in [0.29, 0.717) is 17.7 Å². The van der Waals surface area contributed by atoms with Gasteiger partial charge in [0.15, 0.2) is 11.6 Å². The van der Waals surface area contributed by atoms with E-state index in [4.69, 9.17) is 4.74 Å². The number of nitrogens with zero attached hydrogens (tertiary/aromatic N) is 1. The first-order chi connectivity index (χ1) is 11.7. The molecule has 0 aliphatic carbocycles. The van der Waals surface area contributed by atoms with Crippen molar-refractivity contribution in [1.29, 1.82) is 0 Å². The summed E-state index contributed by atoms with van der Waals surface area (Å²) in [6.07, 6.45) is 3.65. The molecule has 0 saturated carbocycles. The largest absolute Gasteiger partial charge is 0.489 e. The van der Waals surface area contributed by atoms with E-state index in [1.807, 2.05) is 24.3 Å². The Morgan fingerprint density at radius 1 is 1.12 bits per heavy atom. The van der Waals surface area contributed by atoms with Crippen LogP contribution in [0.2, 0.25) is 0 Å². The van der Waals surface area contributed by atoms with Gasteiger partial charge in [-0.1, -0.05) is 6.07 Å². The van der Waals surface area contributed by atoms with Crippen molar-refractivity contribution < 1.29 is 18.3 Å². The second-order valence-electron chi connectivity index (χ2n) is 5.92. The summed E-state index contributed by atoms with van der Waals surface area (Å²) in [6.45, 7) is 1.13. The predicted octanol–water partition coefficient (Wildman–Crippen LogP) is 4.10. The molecule has 0 radical (unpaired) electrons. The third-order valence-electron chi connectivity index (χ3n) is 4.30. The van der Waals surface area contributed by atoms with Crippen LogP contribution in [0.25, 0.3) is 0 Å². The van der Waals surface area contributed by atoms with Gasteiger partial charge in [-0.15, -0.1) is 0 Å². The number of halogens is 2. The molecule has 24 heavy (non-hydrogen) atoms. The summed E-state index contributed by atoms with van der Waals surface area (Å²) in [4.78, 5) is 13.0. The van der Waals surface area contributed by atoms with Gasteiger partial charge in [-0.05, 0) is 54.8 Å². The van der Waals surface area contributed by atoms with E-state index in [1.165, 1.54) is 6.07 Å². The number of hydrogen-bond acceptors (Lipinski definition) is 3. The molecule has 1 aliphatic rings. The third kappa shape index (κ3) is 3.72. The zero-order valence-corrected chi connectivity index (χ0v) is 13.3. The summed E-state index contributed by atoms with van der Waals surface area (Å²) in [5.74, 6) is -1.07. The van der Waals surface area contributed by atoms with Gasteiger partial charge in [0.1, 0.15) is 18.6 Å². The number of carbonyl (C=O) groups is 1. The van der Waals surface area contributed by atoms with Gasteiger partial charge in [-0.3, -0.25) is 0 Å². The molecule has 1 aliphatic heterocycles. The van der Waals surface area contributed by atoms with Gasteiger partial charge in [0.2, 0.25) is 0 Å². The molecule has 3 nitrogen and oxygen atoms in total. The van der Waals surface area contributed by atoms with E-state index in [1.54, 1.807) is 0 Å². The quantitative estimate of drug-likeness (QED) is 0.746. The molecule has 0 spiro atoms. The zero-order valence-electron chi connectivity index (χ0n) is 13.3. The lowest BCUT2D eigenvalue weighted by Crippen LogP contribution is -2.29. The molecule has 2 aromatic rings. The minimum Gasteiger partial charge on any atom is -0.489 e. The summed E-state index contributed by atoms with van der Waals surface area (Å²) in [6, 6.07) is 11.6. The number of ether oxygens (including phenoxy) is 1. The van der Waals surface area contributed by atoms with E-state index >= 15 is 0 Å². The van der Waals surface area contributed by atoms with Crippen LogP contribution >= 0.6 is 0 Å². The van der Waals surface area contributed by atoms with Crippen LogP contribution in [0.5, 0.6) is 5.75 Å². The average molecular weight is 331 g/mol. The maximum Gasteiger partial charge on any atom is 0.159 e. The van der Waals surface area contributed by atoms with E-state index in [0.717, 1.165) is 43.5 Å². The molecule has 2 aromatic carbocycles. The van der Waals surface area contributed by atoms with Crippen LogP contribution < -0.4 is 9.64 Å². The first-order valence-electron chi connectivity index (χ1n) is 8.04. The molecule has 3 rings (SSSR count). The molecule has 1 heterocycles. The van der Waals surface area contributed by atoms with Gasteiger partial charge >= 0.3 is 0 Å². The van der Waals surface area contributed by atoms with E-state index in [9.17, 15) is 13.6 Å². The summed E-state index contributed by atoms with van der Waals surface area (Å²) >= 11 is 0. The van der Waals surface area contributed by atoms with Gasteiger partial charge in [0.05, 0.1) is 0 Å². The van der Waals surface area contributed by atoms with Gasteiger partial charge in [0, 0.05) is 24.7 Å². The smallest absolute Gasteiger partial charge is 0.159 e. The highest BCUT2D eigenvalue weighted by Crippen LogP contribution is 2.28. The molecule has 0 amide bonds. The lowest BCUT2D eigenvalue weighted by Gasteiger charge is -2.25. The lowest BCUT2D eigenvalue weighted by molar-refractivity contribution is -0.108. The molecule has 5 heteroatoms. The van der Waals surface area contributed by atoms with Crippen molar-refractivity contribution in [3.63, 3.8) is 0 Å². The van der Waals surface area contributed by atoms with Crippen LogP contribution in [0, 0.1) is 11.6 Å². The van der Waals surface area contributed by atoms with Crippen molar-refractivity contribution in [2.75, 3.05) is 11.4 Å². The summed E-state index contributed by atoms with van der Waals surface area (Å²) in [5.41, 5.74) is 1.64. The van der Waals surface area contributed by atoms with E-state index in [2.05, 4.69) is 4.90 Å². The highest BCUT2D eigenvalue weighted by molar-refractivity contribution is 5.56. The van der Waals surface area contributed by atoms with Crippen molar-refractivity contribution in [2.45, 2.75) is 31.9 Å². The summed E-state index contributed by atoms with van der Waals surface area (Å²) < 4.78 is 31.7. The molecule has 0 aromatic heterocycles. The number of benzene rings is 2. The maximum atomic E-state index is 13.2. The Balaban J connectivity index is 1.62. The van der Waals surface area contributed by atoms with Gasteiger partial charge in [-0.25, -0.2) is 8.78 Å². The molecule has 1 unspecified atom stereocenters. The predicted molar refractivity (Wildman–Crippen MR) is 88.2 cm³/mol. The molecule has 0 N–H and O–H groups in total. The Morgan fingerprint density at radius 2 is 1.92 bits per heavy atom. The van der Waals surface area contributed by atoms with Crippen molar-refractivity contribution in [3.05, 3.63) is 59.7 Å². The number of aldehydes is 1. The van der Waals surface area contributed by atoms with E-state index < -0.39 is 11.6 Å². The first kappa shape index (κ1) is 16.4. The molecule has 126 valence electrons. The van der Waals surface area contributed by atoms with Gasteiger partial charge in [0.25, 0.3) is 0 Å². The third-order valence-corrected chi connectivity index (χ3v) is 4.30. The SMILES string of the molecule is O=CCC1CCCN1c1ccc(OCc2ccc(F)c(F)c2)cc1. The Bertz CT molecular complexity index is 703. The lowest BCUT2D eigenvalue weighted by atomic mass is 10.1. The molecular formula is C19H19F2NO2. The summed E-state index contributed by atoms with van der Waals surface area (Å²) in [5, 5.41) is 0. The van der Waals surface area contributed by atoms with Crippen molar-refractivity contribution >= 4 is 12.0 Å². The first-order valence-corrected chi connectivity index (χ1v) is 8.04. The van der Waals surface area contributed by atoms with Crippen LogP contribution in [0.4, 0.5) is 14.5 Å². The van der Waals surface area contributed by atoms with Gasteiger partial charge < -0.3 is 14.4 Å². The fraction of sp³-hybridized carbons (Fsp3) is 0.316. The standard InChI is InChI=1S/C19H19F2NO2/c20-18-8-3-14(12-19(18)21)13-24-17-6-4-16(5-7-17)22-10-1-2-15(22)9-11-23/h3-8,11-12,15H,1-2,9-10,13H2. The highest BCUT2D eigenvalue weighted by atomic mass is 19.2. The fourth-order valence-electron chi connectivity index (χ4n) is 3.06. The van der Waals surface area contributed by atoms with E-state index in [-0.39, 0.29) is 12.6 Å². The fourth-order valence-corrected chi connectivity index (χ4v) is 3.06. The van der Waals surface area contributed by atoms with Crippen LogP contribution in [0.3, 0.4) is 0 Å². The minimum absolute atomic E-state index is 0.175. The number of anilines is 1. The van der Waals surface area contributed by atoms with Crippen LogP contribution in [-0.2, 0) is 11.4 Å². The van der Waals surface area contributed by atoms with Crippen LogP contribution in [0.15, 0.2) is 42.5 Å². The summed E-state index contributed by atoms with van der Waals surface area (Å²) in [7, 11) is 0. The second-order valence-corrected chi connectivity index (χ2v) is 5.92. The monoisotopic (exact) mass is 331 g/mol. The Kier molecular flexibility index (Phi) is 5.08. The van der Waals surface area contributed by atoms with Crippen molar-refractivity contribution in [3.8, 4) is 5.75 Å².